The van der Waals surface area contributed by atoms with Crippen LogP contribution in [0.4, 0.5) is 14.5 Å². The van der Waals surface area contributed by atoms with Gasteiger partial charge in [-0.3, -0.25) is 4.79 Å². The molecule has 0 saturated carbocycles. The molecule has 0 spiro atoms. The smallest absolute Gasteiger partial charge is 0.387 e. The van der Waals surface area contributed by atoms with E-state index in [1.54, 1.807) is 18.2 Å². The Bertz CT molecular complexity index is 982. The fourth-order valence-electron chi connectivity index (χ4n) is 2.46. The first-order valence-corrected chi connectivity index (χ1v) is 9.03. The number of carbonyl (C=O) groups excluding carboxylic acids is 2. The Balaban J connectivity index is 1.53. The van der Waals surface area contributed by atoms with E-state index in [0.717, 1.165) is 0 Å². The molecule has 1 heterocycles. The predicted molar refractivity (Wildman–Crippen MR) is 104 cm³/mol. The Kier molecular flexibility index (Phi) is 6.73. The van der Waals surface area contributed by atoms with Gasteiger partial charge in [0.15, 0.2) is 17.6 Å². The first-order valence-electron chi connectivity index (χ1n) is 8.65. The molecule has 10 heteroatoms. The van der Waals surface area contributed by atoms with Crippen LogP contribution in [-0.2, 0) is 14.3 Å². The van der Waals surface area contributed by atoms with E-state index < -0.39 is 24.6 Å². The molecule has 0 radical (unpaired) electrons. The normalized spacial score (nSPS) is 13.4. The van der Waals surface area contributed by atoms with Gasteiger partial charge in [0.05, 0.1) is 5.02 Å². The van der Waals surface area contributed by atoms with Crippen LogP contribution in [-0.4, -0.2) is 31.4 Å². The third kappa shape index (κ3) is 5.60. The Morgan fingerprint density at radius 2 is 1.93 bits per heavy atom. The summed E-state index contributed by atoms with van der Waals surface area (Å²) in [5.74, 6) is -0.388. The van der Waals surface area contributed by atoms with E-state index in [-0.39, 0.29) is 23.3 Å². The third-order valence-electron chi connectivity index (χ3n) is 3.89. The van der Waals surface area contributed by atoms with Gasteiger partial charge >= 0.3 is 12.6 Å². The van der Waals surface area contributed by atoms with Gasteiger partial charge in [-0.15, -0.1) is 0 Å². The zero-order chi connectivity index (χ0) is 21.7. The highest BCUT2D eigenvalue weighted by atomic mass is 35.5. The highest BCUT2D eigenvalue weighted by Gasteiger charge is 2.18. The molecule has 0 aliphatic carbocycles. The number of ether oxygens (including phenoxy) is 4. The van der Waals surface area contributed by atoms with Gasteiger partial charge in [0.1, 0.15) is 5.75 Å². The van der Waals surface area contributed by atoms with Crippen LogP contribution in [0.5, 0.6) is 17.2 Å². The van der Waals surface area contributed by atoms with Crippen LogP contribution in [0.2, 0.25) is 5.02 Å². The molecule has 2 aromatic carbocycles. The van der Waals surface area contributed by atoms with Crippen molar-refractivity contribution in [3.63, 3.8) is 0 Å². The van der Waals surface area contributed by atoms with Crippen molar-refractivity contribution in [2.24, 2.45) is 0 Å². The summed E-state index contributed by atoms with van der Waals surface area (Å²) in [4.78, 5) is 24.2. The SMILES string of the molecule is C[C@@H](OC(=O)/C=C/c1ccc2c(c1)OCO2)C(=O)Nc1ccc(OC(F)F)c(Cl)c1. The second-order valence-corrected chi connectivity index (χ2v) is 6.45. The highest BCUT2D eigenvalue weighted by Crippen LogP contribution is 2.33. The molecule has 1 aliphatic heterocycles. The number of hydrogen-bond donors (Lipinski definition) is 1. The number of alkyl halides is 2. The van der Waals surface area contributed by atoms with Crippen molar-refractivity contribution in [3.8, 4) is 17.2 Å². The van der Waals surface area contributed by atoms with Crippen LogP contribution in [0.15, 0.2) is 42.5 Å². The van der Waals surface area contributed by atoms with E-state index >= 15 is 0 Å². The second-order valence-electron chi connectivity index (χ2n) is 6.04. The van der Waals surface area contributed by atoms with Crippen molar-refractivity contribution in [3.05, 3.63) is 53.1 Å². The van der Waals surface area contributed by atoms with Crippen molar-refractivity contribution in [2.45, 2.75) is 19.6 Å². The van der Waals surface area contributed by atoms with E-state index in [4.69, 9.17) is 25.8 Å². The number of rotatable bonds is 7. The van der Waals surface area contributed by atoms with Crippen LogP contribution >= 0.6 is 11.6 Å². The van der Waals surface area contributed by atoms with Gasteiger partial charge in [0.2, 0.25) is 6.79 Å². The molecule has 0 aromatic heterocycles. The number of halogens is 3. The zero-order valence-electron chi connectivity index (χ0n) is 15.6. The molecule has 1 atom stereocenters. The van der Waals surface area contributed by atoms with Gasteiger partial charge in [0.25, 0.3) is 5.91 Å². The minimum Gasteiger partial charge on any atom is -0.454 e. The van der Waals surface area contributed by atoms with Crippen molar-refractivity contribution in [1.82, 2.24) is 0 Å². The first kappa shape index (κ1) is 21.4. The lowest BCUT2D eigenvalue weighted by atomic mass is 10.2. The fourth-order valence-corrected chi connectivity index (χ4v) is 2.69. The Morgan fingerprint density at radius 1 is 1.17 bits per heavy atom. The average Bonchev–Trinajstić information content (AvgIpc) is 3.16. The van der Waals surface area contributed by atoms with Gasteiger partial charge in [-0.1, -0.05) is 17.7 Å². The molecule has 1 amide bonds. The van der Waals surface area contributed by atoms with Crippen molar-refractivity contribution < 1.29 is 37.3 Å². The maximum atomic E-state index is 12.3. The molecule has 3 rings (SSSR count). The highest BCUT2D eigenvalue weighted by molar-refractivity contribution is 6.32. The first-order chi connectivity index (χ1) is 14.3. The summed E-state index contributed by atoms with van der Waals surface area (Å²) < 4.78 is 44.2. The van der Waals surface area contributed by atoms with Gasteiger partial charge in [-0.2, -0.15) is 8.78 Å². The summed E-state index contributed by atoms with van der Waals surface area (Å²) in [6, 6.07) is 8.91. The Hall–Kier alpha value is -3.33. The zero-order valence-corrected chi connectivity index (χ0v) is 16.3. The number of amides is 1. The van der Waals surface area contributed by atoms with Gasteiger partial charge in [-0.25, -0.2) is 4.79 Å². The van der Waals surface area contributed by atoms with Crippen molar-refractivity contribution in [1.29, 1.82) is 0 Å². The topological polar surface area (TPSA) is 83.1 Å². The minimum atomic E-state index is -3.02. The van der Waals surface area contributed by atoms with E-state index in [1.165, 1.54) is 37.3 Å². The molecular weight excluding hydrogens is 424 g/mol. The second kappa shape index (κ2) is 9.45. The van der Waals surface area contributed by atoms with Crippen LogP contribution < -0.4 is 19.5 Å². The van der Waals surface area contributed by atoms with Gasteiger partial charge < -0.3 is 24.3 Å². The molecule has 0 saturated heterocycles. The monoisotopic (exact) mass is 439 g/mol. The van der Waals surface area contributed by atoms with Gasteiger partial charge in [-0.05, 0) is 48.9 Å². The van der Waals surface area contributed by atoms with E-state index in [2.05, 4.69) is 10.1 Å². The number of benzene rings is 2. The lowest BCUT2D eigenvalue weighted by Gasteiger charge is -2.13. The van der Waals surface area contributed by atoms with E-state index in [0.29, 0.717) is 17.1 Å². The Labute approximate surface area is 175 Å². The molecule has 7 nitrogen and oxygen atoms in total. The molecule has 158 valence electrons. The summed E-state index contributed by atoms with van der Waals surface area (Å²) in [6.07, 6.45) is 1.57. The maximum Gasteiger partial charge on any atom is 0.387 e. The maximum absolute atomic E-state index is 12.3. The molecule has 0 bridgehead atoms. The minimum absolute atomic E-state index is 0.107. The van der Waals surface area contributed by atoms with Crippen LogP contribution in [0, 0.1) is 0 Å². The molecule has 0 fully saturated rings. The number of fused-ring (bicyclic) bond motifs is 1. The lowest BCUT2D eigenvalue weighted by molar-refractivity contribution is -0.148. The number of esters is 1. The van der Waals surface area contributed by atoms with Crippen LogP contribution in [0.1, 0.15) is 12.5 Å². The van der Waals surface area contributed by atoms with E-state index in [1.807, 2.05) is 0 Å². The summed E-state index contributed by atoms with van der Waals surface area (Å²) in [5.41, 5.74) is 0.916. The summed E-state index contributed by atoms with van der Waals surface area (Å²) in [7, 11) is 0. The van der Waals surface area contributed by atoms with Crippen LogP contribution in [0.3, 0.4) is 0 Å². The number of carbonyl (C=O) groups is 2. The molecule has 0 unspecified atom stereocenters. The summed E-state index contributed by atoms with van der Waals surface area (Å²) in [6.45, 7) is -1.49. The molecule has 2 aromatic rings. The lowest BCUT2D eigenvalue weighted by Crippen LogP contribution is -2.29. The van der Waals surface area contributed by atoms with E-state index in [9.17, 15) is 18.4 Å². The quantitative estimate of drug-likeness (QED) is 0.513. The molecule has 1 aliphatic rings. The van der Waals surface area contributed by atoms with Gasteiger partial charge in [0, 0.05) is 11.8 Å². The summed E-state index contributed by atoms with van der Waals surface area (Å²) >= 11 is 5.83. The molecule has 30 heavy (non-hydrogen) atoms. The standard InChI is InChI=1S/C20H16ClF2NO6/c1-11(19(26)24-13-4-6-15(14(21)9-13)30-20(22)23)29-18(25)7-3-12-2-5-16-17(8-12)28-10-27-16/h2-9,11,20H,10H2,1H3,(H,24,26)/b7-3+/t11-/m1/s1. The number of nitrogens with one attached hydrogen (secondary N) is 1. The number of anilines is 1. The summed E-state index contributed by atoms with van der Waals surface area (Å²) in [5, 5.41) is 2.37. The molecule has 1 N–H and O–H groups in total. The van der Waals surface area contributed by atoms with Crippen molar-refractivity contribution >= 4 is 35.2 Å². The largest absolute Gasteiger partial charge is 0.454 e. The predicted octanol–water partition coefficient (Wildman–Crippen LogP) is 4.25. The Morgan fingerprint density at radius 3 is 2.67 bits per heavy atom. The average molecular weight is 440 g/mol. The molecular formula is C20H16ClF2NO6. The number of hydrogen-bond acceptors (Lipinski definition) is 6. The van der Waals surface area contributed by atoms with Crippen molar-refractivity contribution in [2.75, 3.05) is 12.1 Å². The van der Waals surface area contributed by atoms with Crippen LogP contribution in [0.25, 0.3) is 6.08 Å². The third-order valence-corrected chi connectivity index (χ3v) is 4.18. The fraction of sp³-hybridized carbons (Fsp3) is 0.200.